The summed E-state index contributed by atoms with van der Waals surface area (Å²) in [5.41, 5.74) is 7.05. The molecule has 0 unspecified atom stereocenters. The summed E-state index contributed by atoms with van der Waals surface area (Å²) in [6.07, 6.45) is 12.1. The molecular formula is C39H48N2O11. The number of nitro benzene ring substituents is 1. The summed E-state index contributed by atoms with van der Waals surface area (Å²) < 4.78 is 16.3. The lowest BCUT2D eigenvalue weighted by atomic mass is 10.0. The predicted molar refractivity (Wildman–Crippen MR) is 195 cm³/mol. The molecule has 0 aliphatic heterocycles. The van der Waals surface area contributed by atoms with Crippen LogP contribution >= 0.6 is 0 Å². The van der Waals surface area contributed by atoms with Crippen molar-refractivity contribution in [2.45, 2.75) is 90.4 Å². The quantitative estimate of drug-likeness (QED) is 0.0261. The molecule has 52 heavy (non-hydrogen) atoms. The van der Waals surface area contributed by atoms with Gasteiger partial charge in [-0.15, -0.1) is 0 Å². The molecule has 13 heteroatoms. The van der Waals surface area contributed by atoms with Crippen molar-refractivity contribution in [3.63, 3.8) is 0 Å². The van der Waals surface area contributed by atoms with E-state index in [1.807, 2.05) is 0 Å². The number of ether oxygens (including phenoxy) is 3. The molecule has 0 saturated heterocycles. The third-order valence-corrected chi connectivity index (χ3v) is 8.49. The first-order valence-electron chi connectivity index (χ1n) is 17.8. The van der Waals surface area contributed by atoms with Crippen molar-refractivity contribution >= 4 is 35.3 Å². The molecule has 0 saturated carbocycles. The molecule has 0 fully saturated rings. The highest BCUT2D eigenvalue weighted by Gasteiger charge is 2.21. The Bertz CT molecular complexity index is 1670. The average Bonchev–Trinajstić information content (AvgIpc) is 3.12. The Morgan fingerprint density at radius 3 is 1.75 bits per heavy atom. The van der Waals surface area contributed by atoms with E-state index in [0.29, 0.717) is 41.8 Å². The fourth-order valence-electron chi connectivity index (χ4n) is 5.55. The summed E-state index contributed by atoms with van der Waals surface area (Å²) in [6.45, 7) is 2.88. The Morgan fingerprint density at radius 1 is 0.654 bits per heavy atom. The van der Waals surface area contributed by atoms with E-state index in [-0.39, 0.29) is 41.3 Å². The second-order valence-electron chi connectivity index (χ2n) is 12.5. The van der Waals surface area contributed by atoms with Crippen molar-refractivity contribution in [2.75, 3.05) is 25.6 Å². The van der Waals surface area contributed by atoms with Gasteiger partial charge in [0, 0.05) is 23.4 Å². The van der Waals surface area contributed by atoms with E-state index in [1.54, 1.807) is 24.3 Å². The smallest absolute Gasteiger partial charge is 0.339 e. The first kappa shape index (κ1) is 41.0. The molecule has 3 aromatic rings. The van der Waals surface area contributed by atoms with Gasteiger partial charge >= 0.3 is 29.6 Å². The van der Waals surface area contributed by atoms with Gasteiger partial charge in [0.2, 0.25) is 0 Å². The lowest BCUT2D eigenvalue weighted by molar-refractivity contribution is -0.385. The minimum absolute atomic E-state index is 0.0834. The number of carboxylic acid groups (broad SMARTS) is 2. The molecule has 4 N–H and O–H groups in total. The molecule has 0 aromatic heterocycles. The number of carbonyl (C=O) groups is 4. The molecule has 0 spiro atoms. The highest BCUT2D eigenvalue weighted by atomic mass is 16.6. The molecule has 0 aliphatic carbocycles. The number of nitrogens with zero attached hydrogens (tertiary/aromatic N) is 1. The Hall–Kier alpha value is -5.46. The summed E-state index contributed by atoms with van der Waals surface area (Å²) in [5.74, 6) is -3.83. The number of nitrogen functional groups attached to an aromatic ring is 1. The number of nitro groups is 1. The van der Waals surface area contributed by atoms with Gasteiger partial charge in [-0.1, -0.05) is 83.3 Å². The van der Waals surface area contributed by atoms with Crippen LogP contribution in [0.25, 0.3) is 11.1 Å². The minimum Gasteiger partial charge on any atom is -0.487 e. The van der Waals surface area contributed by atoms with Gasteiger partial charge in [-0.05, 0) is 55.2 Å². The van der Waals surface area contributed by atoms with E-state index in [2.05, 4.69) is 6.92 Å². The highest BCUT2D eigenvalue weighted by molar-refractivity contribution is 6.04. The van der Waals surface area contributed by atoms with Crippen LogP contribution in [0, 0.1) is 10.1 Å². The van der Waals surface area contributed by atoms with Crippen LogP contribution in [0.15, 0.2) is 54.6 Å². The van der Waals surface area contributed by atoms with Gasteiger partial charge in [0.05, 0.1) is 47.0 Å². The molecule has 13 nitrogen and oxygen atoms in total. The zero-order valence-corrected chi connectivity index (χ0v) is 29.6. The number of rotatable bonds is 24. The first-order chi connectivity index (χ1) is 25.0. The van der Waals surface area contributed by atoms with Gasteiger partial charge in [0.25, 0.3) is 0 Å². The van der Waals surface area contributed by atoms with Crippen molar-refractivity contribution in [1.29, 1.82) is 0 Å². The zero-order chi connectivity index (χ0) is 37.9. The second kappa shape index (κ2) is 21.7. The number of aromatic carboxylic acids is 2. The minimum atomic E-state index is -1.35. The normalized spacial score (nSPS) is 10.8. The number of unbranched alkanes of at least 4 members (excludes halogenated alkanes) is 11. The monoisotopic (exact) mass is 720 g/mol. The highest BCUT2D eigenvalue weighted by Crippen LogP contribution is 2.37. The number of hydrogen-bond acceptors (Lipinski definition) is 10. The molecule has 3 rings (SSSR count). The standard InChI is InChI=1S/C39H48N2O11/c1-2-3-4-5-9-12-21-50-35-26-33(40)31(25-34(35)41(48)49)27-15-17-28(18-16-27)38(46)51-22-13-10-7-6-8-11-14-23-52-39(47)32-24-29(36(42)43)19-20-30(32)37(44)45/h15-20,24-26H,2-14,21-23,40H2,1H3,(H,42,43)(H,44,45). The van der Waals surface area contributed by atoms with Crippen LogP contribution < -0.4 is 10.5 Å². The predicted octanol–water partition coefficient (Wildman–Crippen LogP) is 8.72. The maximum absolute atomic E-state index is 12.6. The number of carboxylic acids is 2. The van der Waals surface area contributed by atoms with Crippen molar-refractivity contribution in [2.24, 2.45) is 0 Å². The summed E-state index contributed by atoms with van der Waals surface area (Å²) in [7, 11) is 0. The van der Waals surface area contributed by atoms with Gasteiger partial charge in [-0.3, -0.25) is 10.1 Å². The molecule has 0 amide bonds. The summed E-state index contributed by atoms with van der Waals surface area (Å²) in [4.78, 5) is 58.8. The Kier molecular flexibility index (Phi) is 17.1. The zero-order valence-electron chi connectivity index (χ0n) is 29.6. The van der Waals surface area contributed by atoms with Gasteiger partial charge in [0.1, 0.15) is 0 Å². The molecule has 0 atom stereocenters. The van der Waals surface area contributed by atoms with Crippen LogP contribution in [0.1, 0.15) is 132 Å². The summed E-state index contributed by atoms with van der Waals surface area (Å²) in [5, 5.41) is 30.2. The van der Waals surface area contributed by atoms with Crippen molar-refractivity contribution in [3.05, 3.63) is 87.0 Å². The van der Waals surface area contributed by atoms with Crippen LogP contribution in [0.4, 0.5) is 11.4 Å². The first-order valence-corrected chi connectivity index (χ1v) is 17.8. The average molecular weight is 721 g/mol. The number of benzene rings is 3. The summed E-state index contributed by atoms with van der Waals surface area (Å²) >= 11 is 0. The Morgan fingerprint density at radius 2 is 1.19 bits per heavy atom. The molecule has 0 heterocycles. The summed E-state index contributed by atoms with van der Waals surface area (Å²) in [6, 6.07) is 12.6. The second-order valence-corrected chi connectivity index (χ2v) is 12.5. The SMILES string of the molecule is CCCCCCCCOc1cc(N)c(-c2ccc(C(=O)OCCCCCCCCCOC(=O)c3cc(C(=O)O)ccc3C(=O)O)cc2)cc1[N+](=O)[O-]. The van der Waals surface area contributed by atoms with Gasteiger partial charge in [0.15, 0.2) is 5.75 Å². The number of hydrogen-bond donors (Lipinski definition) is 3. The van der Waals surface area contributed by atoms with Gasteiger partial charge in [-0.2, -0.15) is 0 Å². The van der Waals surface area contributed by atoms with Crippen LogP contribution in [0.2, 0.25) is 0 Å². The Labute approximate surface area is 303 Å². The number of carbonyl (C=O) groups excluding carboxylic acids is 2. The fourth-order valence-corrected chi connectivity index (χ4v) is 5.55. The maximum atomic E-state index is 12.6. The Balaban J connectivity index is 1.34. The van der Waals surface area contributed by atoms with Gasteiger partial charge in [-0.25, -0.2) is 19.2 Å². The lowest BCUT2D eigenvalue weighted by Crippen LogP contribution is -2.14. The van der Waals surface area contributed by atoms with Crippen LogP contribution in [0.3, 0.4) is 0 Å². The third-order valence-electron chi connectivity index (χ3n) is 8.49. The van der Waals surface area contributed by atoms with Crippen LogP contribution in [-0.2, 0) is 9.47 Å². The lowest BCUT2D eigenvalue weighted by Gasteiger charge is -2.12. The van der Waals surface area contributed by atoms with Crippen molar-refractivity contribution < 1.29 is 48.5 Å². The van der Waals surface area contributed by atoms with E-state index in [9.17, 15) is 34.4 Å². The molecule has 3 aromatic carbocycles. The van der Waals surface area contributed by atoms with E-state index >= 15 is 0 Å². The topological polar surface area (TPSA) is 206 Å². The molecule has 280 valence electrons. The third kappa shape index (κ3) is 13.0. The fraction of sp³-hybridized carbons (Fsp3) is 0.436. The van der Waals surface area contributed by atoms with Crippen LogP contribution in [-0.4, -0.2) is 58.8 Å². The number of anilines is 1. The van der Waals surface area contributed by atoms with Crippen molar-refractivity contribution in [1.82, 2.24) is 0 Å². The molecular weight excluding hydrogens is 672 g/mol. The molecule has 0 radical (unpaired) electrons. The van der Waals surface area contributed by atoms with Gasteiger partial charge < -0.3 is 30.2 Å². The van der Waals surface area contributed by atoms with E-state index < -0.39 is 28.8 Å². The van der Waals surface area contributed by atoms with E-state index in [0.717, 1.165) is 69.6 Å². The maximum Gasteiger partial charge on any atom is 0.339 e. The van der Waals surface area contributed by atoms with Crippen molar-refractivity contribution in [3.8, 4) is 16.9 Å². The largest absolute Gasteiger partial charge is 0.487 e. The number of nitrogens with two attached hydrogens (primary N) is 1. The number of esters is 2. The molecule has 0 bridgehead atoms. The van der Waals surface area contributed by atoms with E-state index in [1.165, 1.54) is 31.4 Å². The molecule has 0 aliphatic rings. The van der Waals surface area contributed by atoms with Crippen LogP contribution in [0.5, 0.6) is 5.75 Å². The van der Waals surface area contributed by atoms with E-state index in [4.69, 9.17) is 25.1 Å².